The average molecular weight is 254 g/mol. The molecule has 2 heterocycles. The number of rotatable bonds is 3. The van der Waals surface area contributed by atoms with Gasteiger partial charge in [-0.2, -0.15) is 0 Å². The molecule has 4 heteroatoms. The van der Waals surface area contributed by atoms with Crippen LogP contribution in [0.15, 0.2) is 57.9 Å². The summed E-state index contributed by atoms with van der Waals surface area (Å²) in [4.78, 5) is 12.0. The van der Waals surface area contributed by atoms with Gasteiger partial charge >= 0.3 is 0 Å². The van der Waals surface area contributed by atoms with Crippen molar-refractivity contribution in [3.8, 4) is 17.1 Å². The van der Waals surface area contributed by atoms with Gasteiger partial charge in [0.25, 0.3) is 5.56 Å². The van der Waals surface area contributed by atoms with Crippen molar-refractivity contribution in [2.45, 2.75) is 13.3 Å². The minimum absolute atomic E-state index is 0.101. The maximum atomic E-state index is 12.0. The molecule has 0 atom stereocenters. The van der Waals surface area contributed by atoms with Gasteiger partial charge in [-0.1, -0.05) is 19.1 Å². The summed E-state index contributed by atoms with van der Waals surface area (Å²) in [5, 5.41) is 3.05. The van der Waals surface area contributed by atoms with Crippen LogP contribution in [0.1, 0.15) is 12.5 Å². The van der Waals surface area contributed by atoms with Crippen molar-refractivity contribution in [1.29, 1.82) is 0 Å². The zero-order chi connectivity index (χ0) is 13.2. The van der Waals surface area contributed by atoms with Crippen LogP contribution < -0.4 is 5.56 Å². The highest BCUT2D eigenvalue weighted by molar-refractivity contribution is 5.51. The summed E-state index contributed by atoms with van der Waals surface area (Å²) >= 11 is 0. The van der Waals surface area contributed by atoms with E-state index in [1.54, 1.807) is 12.3 Å². The lowest BCUT2D eigenvalue weighted by Crippen LogP contribution is -2.13. The molecule has 19 heavy (non-hydrogen) atoms. The molecule has 4 nitrogen and oxygen atoms in total. The summed E-state index contributed by atoms with van der Waals surface area (Å²) in [6.45, 7) is 2.10. The second-order valence-electron chi connectivity index (χ2n) is 4.34. The van der Waals surface area contributed by atoms with Crippen LogP contribution in [0.25, 0.3) is 17.1 Å². The van der Waals surface area contributed by atoms with E-state index in [9.17, 15) is 4.79 Å². The van der Waals surface area contributed by atoms with E-state index in [0.29, 0.717) is 11.5 Å². The Bertz CT molecular complexity index is 718. The largest absolute Gasteiger partial charge is 0.463 e. The summed E-state index contributed by atoms with van der Waals surface area (Å²) in [5.74, 6) is 0.654. The Labute approximate surface area is 110 Å². The number of aromatic nitrogens is 2. The Balaban J connectivity index is 2.03. The predicted molar refractivity (Wildman–Crippen MR) is 73.5 cm³/mol. The van der Waals surface area contributed by atoms with E-state index in [1.165, 1.54) is 16.3 Å². The van der Waals surface area contributed by atoms with Gasteiger partial charge in [0, 0.05) is 6.07 Å². The number of nitrogens with one attached hydrogen (secondary N) is 1. The van der Waals surface area contributed by atoms with Crippen LogP contribution in [0.3, 0.4) is 0 Å². The molecule has 0 aliphatic rings. The lowest BCUT2D eigenvalue weighted by molar-refractivity contribution is 0.579. The molecule has 0 bridgehead atoms. The van der Waals surface area contributed by atoms with Gasteiger partial charge in [-0.3, -0.25) is 9.89 Å². The summed E-state index contributed by atoms with van der Waals surface area (Å²) in [5.41, 5.74) is 2.64. The Morgan fingerprint density at radius 2 is 2.00 bits per heavy atom. The zero-order valence-electron chi connectivity index (χ0n) is 10.6. The molecule has 96 valence electrons. The minimum Gasteiger partial charge on any atom is -0.463 e. The molecule has 0 aliphatic heterocycles. The lowest BCUT2D eigenvalue weighted by atomic mass is 10.1. The average Bonchev–Trinajstić information content (AvgIpc) is 3.08. The van der Waals surface area contributed by atoms with E-state index in [-0.39, 0.29) is 5.56 Å². The first-order valence-electron chi connectivity index (χ1n) is 6.23. The molecule has 0 amide bonds. The lowest BCUT2D eigenvalue weighted by Gasteiger charge is -2.03. The van der Waals surface area contributed by atoms with Gasteiger partial charge in [0.15, 0.2) is 5.76 Å². The van der Waals surface area contributed by atoms with Gasteiger partial charge in [0.2, 0.25) is 0 Å². The molecule has 0 saturated heterocycles. The fraction of sp³-hybridized carbons (Fsp3) is 0.133. The van der Waals surface area contributed by atoms with E-state index >= 15 is 0 Å². The van der Waals surface area contributed by atoms with Crippen molar-refractivity contribution in [3.05, 3.63) is 64.6 Å². The molecule has 3 aromatic rings. The SMILES string of the molecule is CCc1ccc(-n2[nH]c(-c3ccco3)cc2=O)cc1. The van der Waals surface area contributed by atoms with Crippen molar-refractivity contribution in [2.75, 3.05) is 0 Å². The summed E-state index contributed by atoms with van der Waals surface area (Å²) in [6.07, 6.45) is 2.57. The van der Waals surface area contributed by atoms with Crippen LogP contribution in [0.4, 0.5) is 0 Å². The molecule has 0 saturated carbocycles. The number of aryl methyl sites for hydroxylation is 1. The normalized spacial score (nSPS) is 10.8. The molecule has 1 aromatic carbocycles. The van der Waals surface area contributed by atoms with E-state index in [2.05, 4.69) is 12.0 Å². The van der Waals surface area contributed by atoms with E-state index < -0.39 is 0 Å². The smallest absolute Gasteiger partial charge is 0.271 e. The van der Waals surface area contributed by atoms with E-state index in [4.69, 9.17) is 4.42 Å². The highest BCUT2D eigenvalue weighted by Crippen LogP contribution is 2.16. The number of nitrogens with zero attached hydrogens (tertiary/aromatic N) is 1. The third kappa shape index (κ3) is 2.12. The number of hydrogen-bond acceptors (Lipinski definition) is 2. The summed E-state index contributed by atoms with van der Waals surface area (Å²) in [6, 6.07) is 13.1. The zero-order valence-corrected chi connectivity index (χ0v) is 10.6. The van der Waals surface area contributed by atoms with Crippen molar-refractivity contribution in [3.63, 3.8) is 0 Å². The fourth-order valence-corrected chi connectivity index (χ4v) is 2.03. The second kappa shape index (κ2) is 4.65. The van der Waals surface area contributed by atoms with E-state index in [0.717, 1.165) is 12.1 Å². The molecule has 2 aromatic heterocycles. The molecule has 0 spiro atoms. The Morgan fingerprint density at radius 3 is 2.63 bits per heavy atom. The van der Waals surface area contributed by atoms with Crippen LogP contribution in [-0.4, -0.2) is 9.78 Å². The van der Waals surface area contributed by atoms with Crippen molar-refractivity contribution in [2.24, 2.45) is 0 Å². The van der Waals surface area contributed by atoms with Gasteiger partial charge in [-0.25, -0.2) is 4.68 Å². The van der Waals surface area contributed by atoms with Gasteiger partial charge in [0.05, 0.1) is 12.0 Å². The first kappa shape index (κ1) is 11.6. The maximum Gasteiger partial charge on any atom is 0.271 e. The number of hydrogen-bond donors (Lipinski definition) is 1. The topological polar surface area (TPSA) is 50.9 Å². The number of benzene rings is 1. The van der Waals surface area contributed by atoms with Crippen LogP contribution in [0.2, 0.25) is 0 Å². The van der Waals surface area contributed by atoms with Gasteiger partial charge < -0.3 is 4.42 Å². The van der Waals surface area contributed by atoms with Crippen LogP contribution in [0.5, 0.6) is 0 Å². The molecule has 0 fully saturated rings. The maximum absolute atomic E-state index is 12.0. The van der Waals surface area contributed by atoms with Crippen LogP contribution >= 0.6 is 0 Å². The molecular formula is C15H14N2O2. The number of aromatic amines is 1. The van der Waals surface area contributed by atoms with Crippen LogP contribution in [-0.2, 0) is 6.42 Å². The van der Waals surface area contributed by atoms with Gasteiger partial charge in [-0.15, -0.1) is 0 Å². The first-order chi connectivity index (χ1) is 9.28. The fourth-order valence-electron chi connectivity index (χ4n) is 2.03. The number of furan rings is 1. The monoisotopic (exact) mass is 254 g/mol. The summed E-state index contributed by atoms with van der Waals surface area (Å²) < 4.78 is 6.79. The Kier molecular flexibility index (Phi) is 2.83. The second-order valence-corrected chi connectivity index (χ2v) is 4.34. The van der Waals surface area contributed by atoms with E-state index in [1.807, 2.05) is 30.3 Å². The molecule has 1 N–H and O–H groups in total. The van der Waals surface area contributed by atoms with Gasteiger partial charge in [-0.05, 0) is 36.2 Å². The Morgan fingerprint density at radius 1 is 1.21 bits per heavy atom. The molecule has 0 radical (unpaired) electrons. The van der Waals surface area contributed by atoms with Crippen molar-refractivity contribution >= 4 is 0 Å². The van der Waals surface area contributed by atoms with Crippen molar-refractivity contribution in [1.82, 2.24) is 9.78 Å². The number of H-pyrrole nitrogens is 1. The molecule has 0 unspecified atom stereocenters. The first-order valence-corrected chi connectivity index (χ1v) is 6.23. The third-order valence-electron chi connectivity index (χ3n) is 3.11. The molecule has 0 aliphatic carbocycles. The standard InChI is InChI=1S/C15H14N2O2/c1-2-11-5-7-12(8-6-11)17-15(18)10-13(16-17)14-4-3-9-19-14/h3-10,16H,2H2,1H3. The Hall–Kier alpha value is -2.49. The summed E-state index contributed by atoms with van der Waals surface area (Å²) in [7, 11) is 0. The van der Waals surface area contributed by atoms with Crippen LogP contribution in [0, 0.1) is 0 Å². The van der Waals surface area contributed by atoms with Gasteiger partial charge in [0.1, 0.15) is 5.69 Å². The molecular weight excluding hydrogens is 240 g/mol. The third-order valence-corrected chi connectivity index (χ3v) is 3.11. The highest BCUT2D eigenvalue weighted by atomic mass is 16.3. The van der Waals surface area contributed by atoms with Crippen molar-refractivity contribution < 1.29 is 4.42 Å². The predicted octanol–water partition coefficient (Wildman–Crippen LogP) is 2.99. The minimum atomic E-state index is -0.101. The molecule has 3 rings (SSSR count). The highest BCUT2D eigenvalue weighted by Gasteiger charge is 2.08. The quantitative estimate of drug-likeness (QED) is 0.781.